The minimum absolute atomic E-state index is 0.157. The number of amides is 2. The maximum atomic E-state index is 12.6. The van der Waals surface area contributed by atoms with Crippen LogP contribution in [0.1, 0.15) is 23.3 Å². The first-order valence-electron chi connectivity index (χ1n) is 6.80. The second kappa shape index (κ2) is 6.41. The molecule has 22 heavy (non-hydrogen) atoms. The van der Waals surface area contributed by atoms with Crippen LogP contribution >= 0.6 is 23.1 Å². The molecule has 1 unspecified atom stereocenters. The lowest BCUT2D eigenvalue weighted by molar-refractivity contribution is -0.121. The zero-order valence-corrected chi connectivity index (χ0v) is 13.1. The van der Waals surface area contributed by atoms with Gasteiger partial charge >= 0.3 is 0 Å². The van der Waals surface area contributed by atoms with E-state index in [1.54, 1.807) is 22.4 Å². The molecule has 1 aromatic carbocycles. The predicted molar refractivity (Wildman–Crippen MR) is 84.2 cm³/mol. The summed E-state index contributed by atoms with van der Waals surface area (Å²) in [5.74, 6) is -0.538. The fourth-order valence-electron chi connectivity index (χ4n) is 2.41. The smallest absolute Gasteiger partial charge is 0.273 e. The normalized spacial score (nSPS) is 18.3. The highest BCUT2D eigenvalue weighted by Gasteiger charge is 2.32. The molecular weight excluding hydrogens is 324 g/mol. The monoisotopic (exact) mass is 336 g/mol. The van der Waals surface area contributed by atoms with Crippen molar-refractivity contribution in [2.45, 2.75) is 18.9 Å². The Balaban J connectivity index is 1.76. The van der Waals surface area contributed by atoms with Crippen LogP contribution in [-0.2, 0) is 4.79 Å². The molecule has 1 N–H and O–H groups in total. The molecule has 2 aromatic rings. The number of carbonyl (C=O) groups is 2. The second-order valence-electron chi connectivity index (χ2n) is 4.90. The van der Waals surface area contributed by atoms with Gasteiger partial charge in [0.05, 0.1) is 10.7 Å². The Labute approximate surface area is 136 Å². The van der Waals surface area contributed by atoms with E-state index in [-0.39, 0.29) is 17.5 Å². The van der Waals surface area contributed by atoms with Crippen LogP contribution in [0.3, 0.4) is 0 Å². The molecule has 8 heteroatoms. The van der Waals surface area contributed by atoms with Crippen molar-refractivity contribution in [3.8, 4) is 0 Å². The number of hydrogen-bond acceptors (Lipinski definition) is 5. The third kappa shape index (κ3) is 2.95. The maximum Gasteiger partial charge on any atom is 0.273 e. The fourth-order valence-corrected chi connectivity index (χ4v) is 3.09. The number of hydrogen-bond donors (Lipinski definition) is 1. The van der Waals surface area contributed by atoms with Gasteiger partial charge in [0.1, 0.15) is 6.04 Å². The average Bonchev–Trinajstić information content (AvgIpc) is 3.05. The van der Waals surface area contributed by atoms with E-state index >= 15 is 0 Å². The van der Waals surface area contributed by atoms with Crippen LogP contribution in [0.25, 0.3) is 0 Å². The summed E-state index contributed by atoms with van der Waals surface area (Å²) in [6.45, 7) is 0.590. The van der Waals surface area contributed by atoms with E-state index in [9.17, 15) is 9.59 Å². The van der Waals surface area contributed by atoms with Crippen molar-refractivity contribution >= 4 is 40.6 Å². The van der Waals surface area contributed by atoms with Crippen molar-refractivity contribution in [1.29, 1.82) is 0 Å². The molecule has 2 heterocycles. The number of rotatable bonds is 3. The third-order valence-electron chi connectivity index (χ3n) is 3.48. The molecule has 1 atom stereocenters. The molecule has 1 aliphatic rings. The van der Waals surface area contributed by atoms with Gasteiger partial charge in [-0.2, -0.15) is 0 Å². The second-order valence-corrected chi connectivity index (χ2v) is 5.92. The molecule has 0 radical (unpaired) electrons. The maximum absolute atomic E-state index is 12.6. The van der Waals surface area contributed by atoms with Crippen LogP contribution in [0.4, 0.5) is 5.69 Å². The van der Waals surface area contributed by atoms with Gasteiger partial charge in [-0.1, -0.05) is 28.2 Å². The molecule has 1 aromatic heterocycles. The first kappa shape index (κ1) is 14.9. The summed E-state index contributed by atoms with van der Waals surface area (Å²) >= 11 is 7.25. The van der Waals surface area contributed by atoms with Crippen LogP contribution in [0.2, 0.25) is 5.02 Å². The quantitative estimate of drug-likeness (QED) is 0.931. The highest BCUT2D eigenvalue weighted by Crippen LogP contribution is 2.28. The van der Waals surface area contributed by atoms with Gasteiger partial charge in [0.2, 0.25) is 5.91 Å². The predicted octanol–water partition coefficient (Wildman–Crippen LogP) is 2.12. The van der Waals surface area contributed by atoms with Crippen LogP contribution < -0.4 is 10.2 Å². The number of benzene rings is 1. The summed E-state index contributed by atoms with van der Waals surface area (Å²) in [6.07, 6.45) is 1.39. The number of nitrogens with one attached hydrogen (secondary N) is 1. The van der Waals surface area contributed by atoms with Gasteiger partial charge in [0, 0.05) is 11.9 Å². The molecular formula is C14H13ClN4O2S. The van der Waals surface area contributed by atoms with Gasteiger partial charge in [-0.15, -0.1) is 5.10 Å². The first-order valence-corrected chi connectivity index (χ1v) is 8.02. The van der Waals surface area contributed by atoms with E-state index in [2.05, 4.69) is 14.9 Å². The van der Waals surface area contributed by atoms with Crippen LogP contribution in [0, 0.1) is 0 Å². The van der Waals surface area contributed by atoms with Gasteiger partial charge in [0.15, 0.2) is 5.69 Å². The largest absolute Gasteiger partial charge is 0.339 e. The third-order valence-corrected chi connectivity index (χ3v) is 4.30. The van der Waals surface area contributed by atoms with Gasteiger partial charge < -0.3 is 10.2 Å². The van der Waals surface area contributed by atoms with E-state index in [1.807, 2.05) is 12.1 Å². The highest BCUT2D eigenvalue weighted by molar-refractivity contribution is 7.03. The minimum Gasteiger partial charge on any atom is -0.339 e. The summed E-state index contributed by atoms with van der Waals surface area (Å²) in [6, 6.07) is 6.62. The van der Waals surface area contributed by atoms with Crippen molar-refractivity contribution in [1.82, 2.24) is 14.9 Å². The Hall–Kier alpha value is -1.99. The van der Waals surface area contributed by atoms with E-state index in [0.29, 0.717) is 23.7 Å². The van der Waals surface area contributed by atoms with Crippen LogP contribution in [0.15, 0.2) is 29.6 Å². The minimum atomic E-state index is -0.570. The van der Waals surface area contributed by atoms with Crippen molar-refractivity contribution in [3.63, 3.8) is 0 Å². The van der Waals surface area contributed by atoms with Gasteiger partial charge in [-0.25, -0.2) is 0 Å². The summed E-state index contributed by atoms with van der Waals surface area (Å²) in [4.78, 5) is 26.2. The Bertz CT molecular complexity index is 692. The number of nitrogens with zero attached hydrogens (tertiary/aromatic N) is 3. The molecule has 1 saturated heterocycles. The van der Waals surface area contributed by atoms with E-state index in [0.717, 1.165) is 18.0 Å². The molecule has 0 aliphatic carbocycles. The van der Waals surface area contributed by atoms with Gasteiger partial charge in [0.25, 0.3) is 5.91 Å². The Morgan fingerprint density at radius 1 is 1.41 bits per heavy atom. The Morgan fingerprint density at radius 3 is 2.95 bits per heavy atom. The van der Waals surface area contributed by atoms with Crippen LogP contribution in [0.5, 0.6) is 0 Å². The standard InChI is InChI=1S/C14H13ClN4O2S/c15-9-4-1-2-6-12(9)19-7-3-5-10(14(19)21)16-13(20)11-8-22-18-17-11/h1-2,4,6,8,10H,3,5,7H2,(H,16,20). The summed E-state index contributed by atoms with van der Waals surface area (Å²) in [5.41, 5.74) is 0.899. The number of carbonyl (C=O) groups excluding carboxylic acids is 2. The molecule has 2 amide bonds. The molecule has 0 saturated carbocycles. The van der Waals surface area contributed by atoms with Crippen molar-refractivity contribution in [2.24, 2.45) is 0 Å². The number of aromatic nitrogens is 2. The number of piperidine rings is 1. The Kier molecular flexibility index (Phi) is 4.35. The summed E-state index contributed by atoms with van der Waals surface area (Å²) in [5, 5.41) is 8.50. The van der Waals surface area contributed by atoms with Gasteiger partial charge in [-0.3, -0.25) is 9.59 Å². The molecule has 0 bridgehead atoms. The zero-order valence-electron chi connectivity index (χ0n) is 11.5. The van der Waals surface area contributed by atoms with Crippen molar-refractivity contribution in [3.05, 3.63) is 40.4 Å². The van der Waals surface area contributed by atoms with Crippen molar-refractivity contribution in [2.75, 3.05) is 11.4 Å². The van der Waals surface area contributed by atoms with E-state index < -0.39 is 6.04 Å². The van der Waals surface area contributed by atoms with Gasteiger partial charge in [-0.05, 0) is 36.5 Å². The SMILES string of the molecule is O=C(NC1CCCN(c2ccccc2Cl)C1=O)c1csnn1. The average molecular weight is 337 g/mol. The molecule has 3 rings (SSSR count). The lowest BCUT2D eigenvalue weighted by Crippen LogP contribution is -2.52. The molecule has 114 valence electrons. The Morgan fingerprint density at radius 2 is 2.23 bits per heavy atom. The lowest BCUT2D eigenvalue weighted by Gasteiger charge is -2.33. The number of anilines is 1. The van der Waals surface area contributed by atoms with Crippen molar-refractivity contribution < 1.29 is 9.59 Å². The molecule has 6 nitrogen and oxygen atoms in total. The number of halogens is 1. The topological polar surface area (TPSA) is 75.2 Å². The first-order chi connectivity index (χ1) is 10.7. The molecule has 0 spiro atoms. The molecule has 1 aliphatic heterocycles. The lowest BCUT2D eigenvalue weighted by atomic mass is 10.0. The number of para-hydroxylation sites is 1. The molecule has 1 fully saturated rings. The fraction of sp³-hybridized carbons (Fsp3) is 0.286. The highest BCUT2D eigenvalue weighted by atomic mass is 35.5. The zero-order chi connectivity index (χ0) is 15.5. The summed E-state index contributed by atoms with van der Waals surface area (Å²) in [7, 11) is 0. The van der Waals surface area contributed by atoms with Crippen LogP contribution in [-0.4, -0.2) is 34.0 Å². The summed E-state index contributed by atoms with van der Waals surface area (Å²) < 4.78 is 3.65. The van der Waals surface area contributed by atoms with E-state index in [1.165, 1.54) is 0 Å². The van der Waals surface area contributed by atoms with E-state index in [4.69, 9.17) is 11.6 Å².